The van der Waals surface area contributed by atoms with Crippen molar-refractivity contribution in [2.75, 3.05) is 32.9 Å². The third kappa shape index (κ3) is 4.80. The lowest BCUT2D eigenvalue weighted by atomic mass is 10.1. The molecule has 0 saturated heterocycles. The number of benzene rings is 2. The SMILES string of the molecule is COc1cc(-c2cc(NCc3ccc(S(C)(=O)=O)cc3)ncn2)cc(OC)c1OC. The number of anilines is 1. The first-order chi connectivity index (χ1) is 14.4. The summed E-state index contributed by atoms with van der Waals surface area (Å²) in [4.78, 5) is 8.88. The van der Waals surface area contributed by atoms with Crippen LogP contribution in [0.2, 0.25) is 0 Å². The maximum Gasteiger partial charge on any atom is 0.203 e. The zero-order chi connectivity index (χ0) is 21.7. The van der Waals surface area contributed by atoms with Crippen molar-refractivity contribution in [3.8, 4) is 28.5 Å². The normalized spacial score (nSPS) is 11.1. The fourth-order valence-corrected chi connectivity index (χ4v) is 3.52. The number of hydrogen-bond acceptors (Lipinski definition) is 8. The van der Waals surface area contributed by atoms with Gasteiger partial charge in [0.25, 0.3) is 0 Å². The molecule has 0 aliphatic heterocycles. The number of methoxy groups -OCH3 is 3. The molecule has 0 aliphatic rings. The monoisotopic (exact) mass is 429 g/mol. The predicted molar refractivity (Wildman–Crippen MR) is 114 cm³/mol. The van der Waals surface area contributed by atoms with E-state index in [1.54, 1.807) is 45.6 Å². The molecule has 0 atom stereocenters. The maximum atomic E-state index is 11.6. The van der Waals surface area contributed by atoms with Crippen molar-refractivity contribution in [1.82, 2.24) is 9.97 Å². The molecule has 0 fully saturated rings. The molecular weight excluding hydrogens is 406 g/mol. The summed E-state index contributed by atoms with van der Waals surface area (Å²) in [6.45, 7) is 0.482. The first-order valence-electron chi connectivity index (χ1n) is 9.01. The van der Waals surface area contributed by atoms with Crippen molar-refractivity contribution < 1.29 is 22.6 Å². The van der Waals surface area contributed by atoms with Crippen LogP contribution in [-0.2, 0) is 16.4 Å². The molecule has 3 aromatic rings. The van der Waals surface area contributed by atoms with Crippen molar-refractivity contribution >= 4 is 15.7 Å². The van der Waals surface area contributed by atoms with Crippen molar-refractivity contribution in [2.24, 2.45) is 0 Å². The van der Waals surface area contributed by atoms with Crippen LogP contribution >= 0.6 is 0 Å². The van der Waals surface area contributed by atoms with Crippen LogP contribution in [0.25, 0.3) is 11.3 Å². The Morgan fingerprint density at radius 2 is 1.53 bits per heavy atom. The summed E-state index contributed by atoms with van der Waals surface area (Å²) in [5.41, 5.74) is 2.39. The minimum Gasteiger partial charge on any atom is -0.493 e. The zero-order valence-corrected chi connectivity index (χ0v) is 18.0. The molecule has 3 rings (SSSR count). The Balaban J connectivity index is 1.81. The van der Waals surface area contributed by atoms with Gasteiger partial charge in [0.2, 0.25) is 5.75 Å². The fraction of sp³-hybridized carbons (Fsp3) is 0.238. The summed E-state index contributed by atoms with van der Waals surface area (Å²) >= 11 is 0. The third-order valence-corrected chi connectivity index (χ3v) is 5.58. The van der Waals surface area contributed by atoms with E-state index in [2.05, 4.69) is 15.3 Å². The smallest absolute Gasteiger partial charge is 0.203 e. The van der Waals surface area contributed by atoms with Crippen molar-refractivity contribution in [3.05, 3.63) is 54.4 Å². The minimum atomic E-state index is -3.21. The highest BCUT2D eigenvalue weighted by atomic mass is 32.2. The molecule has 158 valence electrons. The first-order valence-corrected chi connectivity index (χ1v) is 10.9. The molecule has 9 heteroatoms. The molecule has 8 nitrogen and oxygen atoms in total. The summed E-state index contributed by atoms with van der Waals surface area (Å²) in [5, 5.41) is 3.22. The molecule has 0 amide bonds. The molecule has 1 N–H and O–H groups in total. The highest BCUT2D eigenvalue weighted by Crippen LogP contribution is 2.40. The van der Waals surface area contributed by atoms with E-state index in [4.69, 9.17) is 14.2 Å². The number of rotatable bonds is 8. The van der Waals surface area contributed by atoms with Crippen LogP contribution in [0.3, 0.4) is 0 Å². The highest BCUT2D eigenvalue weighted by Gasteiger charge is 2.15. The molecule has 1 aromatic heterocycles. The van der Waals surface area contributed by atoms with Crippen LogP contribution in [0.5, 0.6) is 17.2 Å². The Hall–Kier alpha value is -3.33. The molecular formula is C21H23N3O5S. The Morgan fingerprint density at radius 1 is 0.900 bits per heavy atom. The lowest BCUT2D eigenvalue weighted by Crippen LogP contribution is -2.03. The standard InChI is InChI=1S/C21H23N3O5S/c1-27-18-9-15(10-19(28-2)21(18)29-3)17-11-20(24-13-23-17)22-12-14-5-7-16(8-6-14)30(4,25)26/h5-11,13H,12H2,1-4H3,(H,22,23,24). The van der Waals surface area contributed by atoms with E-state index in [0.29, 0.717) is 35.3 Å². The topological polar surface area (TPSA) is 99.6 Å². The van der Waals surface area contributed by atoms with Gasteiger partial charge < -0.3 is 19.5 Å². The number of hydrogen-bond donors (Lipinski definition) is 1. The zero-order valence-electron chi connectivity index (χ0n) is 17.2. The van der Waals surface area contributed by atoms with E-state index in [1.807, 2.05) is 18.2 Å². The van der Waals surface area contributed by atoms with Gasteiger partial charge in [-0.25, -0.2) is 18.4 Å². The summed E-state index contributed by atoms with van der Waals surface area (Å²) in [7, 11) is 1.46. The Bertz CT molecular complexity index is 1110. The third-order valence-electron chi connectivity index (χ3n) is 4.45. The Kier molecular flexibility index (Phi) is 6.41. The van der Waals surface area contributed by atoms with Gasteiger partial charge in [-0.05, 0) is 29.8 Å². The first kappa shape index (κ1) is 21.4. The van der Waals surface area contributed by atoms with Crippen molar-refractivity contribution in [3.63, 3.8) is 0 Å². The van der Waals surface area contributed by atoms with Crippen molar-refractivity contribution in [1.29, 1.82) is 0 Å². The van der Waals surface area contributed by atoms with E-state index in [0.717, 1.165) is 11.1 Å². The lowest BCUT2D eigenvalue weighted by Gasteiger charge is -2.14. The van der Waals surface area contributed by atoms with Gasteiger partial charge >= 0.3 is 0 Å². The van der Waals surface area contributed by atoms with E-state index < -0.39 is 9.84 Å². The van der Waals surface area contributed by atoms with Gasteiger partial charge in [0.1, 0.15) is 12.1 Å². The predicted octanol–water partition coefficient (Wildman–Crippen LogP) is 3.19. The van der Waals surface area contributed by atoms with Crippen LogP contribution < -0.4 is 19.5 Å². The quantitative estimate of drug-likeness (QED) is 0.583. The largest absolute Gasteiger partial charge is 0.493 e. The van der Waals surface area contributed by atoms with E-state index in [9.17, 15) is 8.42 Å². The van der Waals surface area contributed by atoms with Gasteiger partial charge in [0.05, 0.1) is 31.9 Å². The van der Waals surface area contributed by atoms with E-state index in [1.165, 1.54) is 12.6 Å². The van der Waals surface area contributed by atoms with E-state index >= 15 is 0 Å². The number of ether oxygens (including phenoxy) is 3. The average Bonchev–Trinajstić information content (AvgIpc) is 2.76. The second-order valence-corrected chi connectivity index (χ2v) is 8.49. The van der Waals surface area contributed by atoms with Crippen LogP contribution in [0, 0.1) is 0 Å². The summed E-state index contributed by atoms with van der Waals surface area (Å²) < 4.78 is 39.3. The van der Waals surface area contributed by atoms with Gasteiger partial charge in [-0.2, -0.15) is 0 Å². The second-order valence-electron chi connectivity index (χ2n) is 6.47. The van der Waals surface area contributed by atoms with Crippen LogP contribution in [0.15, 0.2) is 53.7 Å². The molecule has 0 saturated carbocycles. The highest BCUT2D eigenvalue weighted by molar-refractivity contribution is 7.90. The maximum absolute atomic E-state index is 11.6. The molecule has 0 bridgehead atoms. The van der Waals surface area contributed by atoms with Crippen LogP contribution in [-0.4, -0.2) is 46.0 Å². The second kappa shape index (κ2) is 9.00. The lowest BCUT2D eigenvalue weighted by molar-refractivity contribution is 0.324. The summed E-state index contributed by atoms with van der Waals surface area (Å²) in [6, 6.07) is 12.2. The van der Waals surface area contributed by atoms with Gasteiger partial charge in [-0.3, -0.25) is 0 Å². The van der Waals surface area contributed by atoms with E-state index in [-0.39, 0.29) is 4.90 Å². The average molecular weight is 429 g/mol. The Labute approximate surface area is 175 Å². The number of aromatic nitrogens is 2. The molecule has 0 aliphatic carbocycles. The number of nitrogens with one attached hydrogen (secondary N) is 1. The summed E-state index contributed by atoms with van der Waals surface area (Å²) in [6.07, 6.45) is 2.65. The molecule has 0 unspecified atom stereocenters. The molecule has 0 radical (unpaired) electrons. The molecule has 2 aromatic carbocycles. The van der Waals surface area contributed by atoms with Crippen LogP contribution in [0.1, 0.15) is 5.56 Å². The van der Waals surface area contributed by atoms with Gasteiger partial charge in [-0.15, -0.1) is 0 Å². The van der Waals surface area contributed by atoms with Gasteiger partial charge in [-0.1, -0.05) is 12.1 Å². The Morgan fingerprint density at radius 3 is 2.07 bits per heavy atom. The van der Waals surface area contributed by atoms with Crippen molar-refractivity contribution in [2.45, 2.75) is 11.4 Å². The molecule has 30 heavy (non-hydrogen) atoms. The van der Waals surface area contributed by atoms with Gasteiger partial charge in [0.15, 0.2) is 21.3 Å². The molecule has 1 heterocycles. The fourth-order valence-electron chi connectivity index (χ4n) is 2.89. The molecule has 0 spiro atoms. The number of nitrogens with zero attached hydrogens (tertiary/aromatic N) is 2. The number of sulfone groups is 1. The van der Waals surface area contributed by atoms with Crippen LogP contribution in [0.4, 0.5) is 5.82 Å². The minimum absolute atomic E-state index is 0.290. The summed E-state index contributed by atoms with van der Waals surface area (Å²) in [5.74, 6) is 2.20. The van der Waals surface area contributed by atoms with Gasteiger partial charge in [0, 0.05) is 24.4 Å².